The van der Waals surface area contributed by atoms with Crippen molar-refractivity contribution in [3.8, 4) is 11.6 Å². The van der Waals surface area contributed by atoms with Crippen molar-refractivity contribution in [3.05, 3.63) is 96.0 Å². The summed E-state index contributed by atoms with van der Waals surface area (Å²) in [4.78, 5) is 34.8. The number of nitrogens with one attached hydrogen (secondary N) is 1. The molecule has 5 rings (SSSR count). The topological polar surface area (TPSA) is 114 Å². The lowest BCUT2D eigenvalue weighted by atomic mass is 9.98. The molecule has 3 aromatic rings. The van der Waals surface area contributed by atoms with Gasteiger partial charge in [-0.15, -0.1) is 0 Å². The van der Waals surface area contributed by atoms with E-state index in [1.165, 1.54) is 6.20 Å². The van der Waals surface area contributed by atoms with Crippen LogP contribution in [0.2, 0.25) is 0 Å². The Bertz CT molecular complexity index is 1360. The highest BCUT2D eigenvalue weighted by Gasteiger charge is 2.21. The number of carboxylic acids is 1. The van der Waals surface area contributed by atoms with Crippen molar-refractivity contribution < 1.29 is 24.2 Å². The number of benzene rings is 1. The van der Waals surface area contributed by atoms with Crippen molar-refractivity contribution in [2.24, 2.45) is 5.92 Å². The molecule has 1 saturated heterocycles. The molecule has 1 aliphatic carbocycles. The predicted octanol–water partition coefficient (Wildman–Crippen LogP) is 5.34. The minimum atomic E-state index is -0.964. The van der Waals surface area contributed by atoms with Crippen LogP contribution in [0.5, 0.6) is 11.6 Å². The number of pyridine rings is 2. The Morgan fingerprint density at radius 2 is 1.87 bits per heavy atom. The van der Waals surface area contributed by atoms with Gasteiger partial charge in [0.2, 0.25) is 5.88 Å². The maximum atomic E-state index is 12.7. The summed E-state index contributed by atoms with van der Waals surface area (Å²) in [6.07, 6.45) is 13.0. The molecular weight excluding hydrogens is 496 g/mol. The van der Waals surface area contributed by atoms with Crippen LogP contribution in [0.1, 0.15) is 46.4 Å². The first-order chi connectivity index (χ1) is 19.0. The van der Waals surface area contributed by atoms with E-state index in [-0.39, 0.29) is 11.5 Å². The number of aromatic carboxylic acids is 1. The highest BCUT2D eigenvalue weighted by Crippen LogP contribution is 2.24. The van der Waals surface area contributed by atoms with E-state index in [9.17, 15) is 9.59 Å². The molecule has 200 valence electrons. The number of carbonyl (C=O) groups excluding carboxylic acids is 1. The molecule has 1 amide bonds. The van der Waals surface area contributed by atoms with E-state index in [4.69, 9.17) is 14.6 Å². The number of hydrogen-bond donors (Lipinski definition) is 2. The standard InChI is InChI=1S/C30H30N4O5/c35-29(23-9-12-28(32-18-23)39-25-6-2-1-3-7-25)33-24-10-11-27(31-19-24)34-15-13-21(14-16-34)20-38-26-8-4-5-22(17-26)30(36)37/h2,4-12,17-19,21H,1,3,13-16,20H2,(H,33,35)(H,36,37). The van der Waals surface area contributed by atoms with Gasteiger partial charge < -0.3 is 24.8 Å². The first-order valence-corrected chi connectivity index (χ1v) is 13.0. The molecule has 39 heavy (non-hydrogen) atoms. The van der Waals surface area contributed by atoms with E-state index in [1.54, 1.807) is 42.6 Å². The largest absolute Gasteiger partial charge is 0.493 e. The van der Waals surface area contributed by atoms with Crippen LogP contribution in [0.3, 0.4) is 0 Å². The zero-order valence-corrected chi connectivity index (χ0v) is 21.5. The Hall–Kier alpha value is -4.66. The molecule has 2 aromatic heterocycles. The average molecular weight is 527 g/mol. The summed E-state index contributed by atoms with van der Waals surface area (Å²) in [7, 11) is 0. The minimum absolute atomic E-state index is 0.220. The number of rotatable bonds is 9. The molecule has 2 aliphatic rings. The maximum Gasteiger partial charge on any atom is 0.335 e. The number of allylic oxidation sites excluding steroid dienone is 3. The number of piperidine rings is 1. The third-order valence-electron chi connectivity index (χ3n) is 6.69. The molecule has 1 aromatic carbocycles. The Morgan fingerprint density at radius 1 is 1.00 bits per heavy atom. The van der Waals surface area contributed by atoms with Crippen LogP contribution >= 0.6 is 0 Å². The number of anilines is 2. The molecule has 3 heterocycles. The molecule has 9 heteroatoms. The highest BCUT2D eigenvalue weighted by atomic mass is 16.5. The van der Waals surface area contributed by atoms with Gasteiger partial charge in [-0.05, 0) is 80.2 Å². The van der Waals surface area contributed by atoms with Gasteiger partial charge in [0.05, 0.1) is 29.6 Å². The van der Waals surface area contributed by atoms with Gasteiger partial charge in [0.15, 0.2) is 0 Å². The second-order valence-electron chi connectivity index (χ2n) is 9.51. The summed E-state index contributed by atoms with van der Waals surface area (Å²) < 4.78 is 11.6. The number of amides is 1. The van der Waals surface area contributed by atoms with E-state index in [1.807, 2.05) is 24.3 Å². The van der Waals surface area contributed by atoms with Gasteiger partial charge in [0.1, 0.15) is 17.3 Å². The molecule has 0 unspecified atom stereocenters. The Morgan fingerprint density at radius 3 is 2.56 bits per heavy atom. The Labute approximate surface area is 226 Å². The lowest BCUT2D eigenvalue weighted by Crippen LogP contribution is -2.36. The zero-order valence-electron chi connectivity index (χ0n) is 21.5. The monoisotopic (exact) mass is 526 g/mol. The van der Waals surface area contributed by atoms with Gasteiger partial charge in [-0.3, -0.25) is 4.79 Å². The van der Waals surface area contributed by atoms with Crippen molar-refractivity contribution >= 4 is 23.4 Å². The summed E-state index contributed by atoms with van der Waals surface area (Å²) in [5.74, 6) is 1.79. The van der Waals surface area contributed by atoms with Crippen molar-refractivity contribution in [1.82, 2.24) is 9.97 Å². The molecule has 0 spiro atoms. The lowest BCUT2D eigenvalue weighted by molar-refractivity contribution is 0.0696. The summed E-state index contributed by atoms with van der Waals surface area (Å²) in [6.45, 7) is 2.23. The second-order valence-corrected chi connectivity index (χ2v) is 9.51. The number of carbonyl (C=O) groups is 2. The normalized spacial score (nSPS) is 15.4. The molecule has 1 aliphatic heterocycles. The quantitative estimate of drug-likeness (QED) is 0.384. The third kappa shape index (κ3) is 7.01. The van der Waals surface area contributed by atoms with Crippen molar-refractivity contribution in [2.45, 2.75) is 25.7 Å². The van der Waals surface area contributed by atoms with E-state index >= 15 is 0 Å². The van der Waals surface area contributed by atoms with E-state index in [0.29, 0.717) is 35.4 Å². The van der Waals surface area contributed by atoms with Crippen LogP contribution in [0.15, 0.2) is 84.9 Å². The fourth-order valence-electron chi connectivity index (χ4n) is 4.47. The number of hydrogen-bond acceptors (Lipinski definition) is 7. The molecule has 1 fully saturated rings. The minimum Gasteiger partial charge on any atom is -0.493 e. The van der Waals surface area contributed by atoms with Crippen molar-refractivity contribution in [3.63, 3.8) is 0 Å². The summed E-state index contributed by atoms with van der Waals surface area (Å²) >= 11 is 0. The zero-order chi connectivity index (χ0) is 27.0. The summed E-state index contributed by atoms with van der Waals surface area (Å²) in [5.41, 5.74) is 1.25. The van der Waals surface area contributed by atoms with Gasteiger partial charge >= 0.3 is 5.97 Å². The number of aromatic nitrogens is 2. The Balaban J connectivity index is 1.08. The second kappa shape index (κ2) is 12.3. The molecule has 9 nitrogen and oxygen atoms in total. The van der Waals surface area contributed by atoms with Crippen molar-refractivity contribution in [1.29, 1.82) is 0 Å². The summed E-state index contributed by atoms with van der Waals surface area (Å²) in [5, 5.41) is 12.0. The summed E-state index contributed by atoms with van der Waals surface area (Å²) in [6, 6.07) is 13.7. The van der Waals surface area contributed by atoms with Gasteiger partial charge in [-0.2, -0.15) is 0 Å². The molecular formula is C30H30N4O5. The number of carboxylic acid groups (broad SMARTS) is 1. The smallest absolute Gasteiger partial charge is 0.335 e. The van der Waals surface area contributed by atoms with Crippen LogP contribution in [-0.2, 0) is 0 Å². The third-order valence-corrected chi connectivity index (χ3v) is 6.69. The molecule has 0 bridgehead atoms. The average Bonchev–Trinajstić information content (AvgIpc) is 2.98. The first-order valence-electron chi connectivity index (χ1n) is 13.0. The Kier molecular flexibility index (Phi) is 8.16. The molecule has 0 saturated carbocycles. The first kappa shape index (κ1) is 26.0. The molecule has 0 radical (unpaired) electrons. The number of nitrogens with zero attached hydrogens (tertiary/aromatic N) is 3. The molecule has 2 N–H and O–H groups in total. The molecule has 0 atom stereocenters. The van der Waals surface area contributed by atoms with Gasteiger partial charge in [0, 0.05) is 25.4 Å². The number of ether oxygens (including phenoxy) is 2. The van der Waals surface area contributed by atoms with Crippen LogP contribution in [0.4, 0.5) is 11.5 Å². The van der Waals surface area contributed by atoms with Crippen LogP contribution in [-0.4, -0.2) is 46.6 Å². The van der Waals surface area contributed by atoms with Gasteiger partial charge in [-0.1, -0.05) is 12.1 Å². The fourth-order valence-corrected chi connectivity index (χ4v) is 4.47. The van der Waals surface area contributed by atoms with E-state index < -0.39 is 5.97 Å². The maximum absolute atomic E-state index is 12.7. The lowest BCUT2D eigenvalue weighted by Gasteiger charge is -2.32. The SMILES string of the molecule is O=C(O)c1cccc(OCC2CCN(c3ccc(NC(=O)c4ccc(OC5=CCCC=C5)nc4)cn3)CC2)c1. The van der Waals surface area contributed by atoms with Crippen LogP contribution in [0.25, 0.3) is 0 Å². The van der Waals surface area contributed by atoms with E-state index in [0.717, 1.165) is 50.3 Å². The van der Waals surface area contributed by atoms with E-state index in [2.05, 4.69) is 26.3 Å². The van der Waals surface area contributed by atoms with Crippen LogP contribution in [0, 0.1) is 5.92 Å². The predicted molar refractivity (Wildman–Crippen MR) is 147 cm³/mol. The fraction of sp³-hybridized carbons (Fsp3) is 0.267. The highest BCUT2D eigenvalue weighted by molar-refractivity contribution is 6.04. The van der Waals surface area contributed by atoms with Crippen molar-refractivity contribution in [2.75, 3.05) is 29.9 Å². The van der Waals surface area contributed by atoms with Gasteiger partial charge in [0.25, 0.3) is 5.91 Å². The van der Waals surface area contributed by atoms with Gasteiger partial charge in [-0.25, -0.2) is 14.8 Å². The van der Waals surface area contributed by atoms with Crippen LogP contribution < -0.4 is 19.7 Å².